The van der Waals surface area contributed by atoms with Crippen molar-refractivity contribution in [3.05, 3.63) is 132 Å². The maximum atomic E-state index is 13.4. The average Bonchev–Trinajstić information content (AvgIpc) is 3.51. The minimum absolute atomic E-state index is 0.0340. The molecule has 2 heterocycles. The molecule has 4 aromatic rings. The number of benzene rings is 4. The fourth-order valence-electron chi connectivity index (χ4n) is 7.18. The molecule has 0 radical (unpaired) electrons. The number of amides is 1. The number of nitrogens with one attached hydrogen (secondary N) is 1. The van der Waals surface area contributed by atoms with Gasteiger partial charge in [-0.3, -0.25) is 0 Å². The first-order valence-electron chi connectivity index (χ1n) is 18.5. The first kappa shape index (κ1) is 39.3. The van der Waals surface area contributed by atoms with E-state index in [1.54, 1.807) is 0 Å². The molecule has 0 saturated carbocycles. The Bertz CT molecular complexity index is 1750. The summed E-state index contributed by atoms with van der Waals surface area (Å²) >= 11 is 0. The van der Waals surface area contributed by atoms with Crippen LogP contribution in [-0.2, 0) is 50.9 Å². The Morgan fingerprint density at radius 1 is 0.759 bits per heavy atom. The molecule has 5 atom stereocenters. The minimum atomic E-state index is -2.86. The van der Waals surface area contributed by atoms with Gasteiger partial charge in [-0.25, -0.2) is 9.59 Å². The Kier molecular flexibility index (Phi) is 12.7. The first-order chi connectivity index (χ1) is 25.9. The van der Waals surface area contributed by atoms with E-state index in [0.717, 1.165) is 11.1 Å². The van der Waals surface area contributed by atoms with E-state index in [0.29, 0.717) is 0 Å². The van der Waals surface area contributed by atoms with Crippen molar-refractivity contribution in [1.29, 1.82) is 0 Å². The standard InChI is InChI=1S/C43H51NO9Si/c1-42(2,3)54(33-22-14-8-15-23-33,34-24-16-9-17-25-34)51-30-37-39-38(52-43(4,5)53-39)36(29-48-37)47-28-35(40(45)49-26-31-18-10-6-11-19-31)44-41(46)50-27-32-20-12-7-13-21-32/h6-25,35-39H,26-30H2,1-5H3,(H,44,46)/t35-,36-,37+,38+,39-/m0/s1. The van der Waals surface area contributed by atoms with Crippen molar-refractivity contribution < 1.29 is 42.4 Å². The smallest absolute Gasteiger partial charge is 0.408 e. The molecule has 54 heavy (non-hydrogen) atoms. The largest absolute Gasteiger partial charge is 0.459 e. The molecule has 6 rings (SSSR count). The summed E-state index contributed by atoms with van der Waals surface area (Å²) in [6.45, 7) is 10.7. The van der Waals surface area contributed by atoms with Crippen molar-refractivity contribution in [2.45, 2.75) is 89.1 Å². The van der Waals surface area contributed by atoms with Crippen molar-refractivity contribution in [3.63, 3.8) is 0 Å². The molecule has 0 aromatic heterocycles. The predicted octanol–water partition coefficient (Wildman–Crippen LogP) is 5.91. The van der Waals surface area contributed by atoms with Crippen LogP contribution in [0, 0.1) is 0 Å². The van der Waals surface area contributed by atoms with Crippen molar-refractivity contribution in [1.82, 2.24) is 5.32 Å². The van der Waals surface area contributed by atoms with E-state index in [1.807, 2.05) is 86.6 Å². The van der Waals surface area contributed by atoms with E-state index in [2.05, 4.69) is 74.6 Å². The molecule has 1 N–H and O–H groups in total. The number of hydrogen-bond donors (Lipinski definition) is 1. The van der Waals surface area contributed by atoms with E-state index in [9.17, 15) is 9.59 Å². The van der Waals surface area contributed by atoms with Gasteiger partial charge in [-0.05, 0) is 40.4 Å². The second-order valence-corrected chi connectivity index (χ2v) is 19.4. The molecular weight excluding hydrogens is 703 g/mol. The molecule has 0 bridgehead atoms. The van der Waals surface area contributed by atoms with Crippen LogP contribution in [0.4, 0.5) is 4.79 Å². The van der Waals surface area contributed by atoms with Gasteiger partial charge in [0.2, 0.25) is 0 Å². The molecule has 2 saturated heterocycles. The Labute approximate surface area is 319 Å². The minimum Gasteiger partial charge on any atom is -0.459 e. The van der Waals surface area contributed by atoms with Crippen molar-refractivity contribution in [2.24, 2.45) is 0 Å². The van der Waals surface area contributed by atoms with Crippen LogP contribution in [0.3, 0.4) is 0 Å². The summed E-state index contributed by atoms with van der Waals surface area (Å²) in [5.41, 5.74) is 1.62. The summed E-state index contributed by atoms with van der Waals surface area (Å²) in [7, 11) is -2.86. The molecule has 11 heteroatoms. The number of carbonyl (C=O) groups is 2. The summed E-state index contributed by atoms with van der Waals surface area (Å²) in [4.78, 5) is 26.3. The second kappa shape index (κ2) is 17.4. The van der Waals surface area contributed by atoms with E-state index >= 15 is 0 Å². The normalized spacial score (nSPS) is 21.4. The molecule has 0 unspecified atom stereocenters. The highest BCUT2D eigenvalue weighted by Crippen LogP contribution is 2.40. The van der Waals surface area contributed by atoms with Gasteiger partial charge >= 0.3 is 12.1 Å². The van der Waals surface area contributed by atoms with Gasteiger partial charge in [-0.1, -0.05) is 142 Å². The molecule has 2 aliphatic rings. The highest BCUT2D eigenvalue weighted by molar-refractivity contribution is 6.99. The average molecular weight is 754 g/mol. The fourth-order valence-corrected chi connectivity index (χ4v) is 11.7. The molecule has 1 amide bonds. The van der Waals surface area contributed by atoms with Gasteiger partial charge in [0, 0.05) is 0 Å². The fraction of sp³-hybridized carbons (Fsp3) is 0.395. The summed E-state index contributed by atoms with van der Waals surface area (Å²) < 4.78 is 44.0. The third-order valence-electron chi connectivity index (χ3n) is 9.74. The highest BCUT2D eigenvalue weighted by Gasteiger charge is 2.55. The predicted molar refractivity (Wildman–Crippen MR) is 207 cm³/mol. The lowest BCUT2D eigenvalue weighted by molar-refractivity contribution is -0.176. The highest BCUT2D eigenvalue weighted by atomic mass is 28.4. The summed E-state index contributed by atoms with van der Waals surface area (Å²) in [5, 5.41) is 4.76. The molecular formula is C43H51NO9Si. The number of fused-ring (bicyclic) bond motifs is 1. The molecule has 286 valence electrons. The first-order valence-corrected chi connectivity index (χ1v) is 20.4. The van der Waals surface area contributed by atoms with E-state index < -0.39 is 56.6 Å². The lowest BCUT2D eigenvalue weighted by Crippen LogP contribution is -2.67. The zero-order chi connectivity index (χ0) is 38.2. The summed E-state index contributed by atoms with van der Waals surface area (Å²) in [6, 6.07) is 38.3. The van der Waals surface area contributed by atoms with Crippen LogP contribution < -0.4 is 15.7 Å². The molecule has 4 aromatic carbocycles. The van der Waals surface area contributed by atoms with Crippen LogP contribution in [0.1, 0.15) is 45.7 Å². The molecule has 10 nitrogen and oxygen atoms in total. The number of carbonyl (C=O) groups excluding carboxylic acids is 2. The Morgan fingerprint density at radius 2 is 1.26 bits per heavy atom. The third-order valence-corrected chi connectivity index (χ3v) is 14.7. The van der Waals surface area contributed by atoms with Gasteiger partial charge in [0.1, 0.15) is 37.6 Å². The van der Waals surface area contributed by atoms with Crippen LogP contribution >= 0.6 is 0 Å². The maximum absolute atomic E-state index is 13.4. The lowest BCUT2D eigenvalue weighted by atomic mass is 10.0. The topological polar surface area (TPSA) is 111 Å². The van der Waals surface area contributed by atoms with Gasteiger partial charge in [0.15, 0.2) is 11.8 Å². The Hall–Kier alpha value is -4.36. The molecule has 0 spiro atoms. The van der Waals surface area contributed by atoms with E-state index in [-0.39, 0.29) is 38.1 Å². The number of hydrogen-bond acceptors (Lipinski definition) is 9. The molecule has 0 aliphatic carbocycles. The molecule has 2 aliphatic heterocycles. The maximum Gasteiger partial charge on any atom is 0.408 e. The van der Waals surface area contributed by atoms with E-state index in [4.69, 9.17) is 32.8 Å². The molecule has 2 fully saturated rings. The summed E-state index contributed by atoms with van der Waals surface area (Å²) in [5.74, 6) is -1.59. The van der Waals surface area contributed by atoms with Crippen molar-refractivity contribution in [3.8, 4) is 0 Å². The van der Waals surface area contributed by atoms with Gasteiger partial charge in [0.05, 0.1) is 19.8 Å². The van der Waals surface area contributed by atoms with Crippen LogP contribution in [-0.4, -0.2) is 76.4 Å². The number of ether oxygens (including phenoxy) is 6. The Balaban J connectivity index is 1.16. The van der Waals surface area contributed by atoms with Gasteiger partial charge in [-0.15, -0.1) is 0 Å². The van der Waals surface area contributed by atoms with Crippen molar-refractivity contribution in [2.75, 3.05) is 19.8 Å². The van der Waals surface area contributed by atoms with Gasteiger partial charge < -0.3 is 38.2 Å². The van der Waals surface area contributed by atoms with Crippen LogP contribution in [0.2, 0.25) is 5.04 Å². The SMILES string of the molecule is CC1(C)O[C@@H]2[C@H](O1)[C@@H](OC[C@H](NC(=O)OCc1ccccc1)C(=O)OCc1ccccc1)CO[C@@H]2CO[Si](c1ccccc1)(c1ccccc1)C(C)(C)C. The monoisotopic (exact) mass is 753 g/mol. The second-order valence-electron chi connectivity index (χ2n) is 15.1. The summed E-state index contributed by atoms with van der Waals surface area (Å²) in [6.07, 6.45) is -2.91. The van der Waals surface area contributed by atoms with Crippen LogP contribution in [0.5, 0.6) is 0 Å². The quantitative estimate of drug-likeness (QED) is 0.124. The zero-order valence-corrected chi connectivity index (χ0v) is 32.6. The van der Waals surface area contributed by atoms with Crippen molar-refractivity contribution >= 4 is 30.8 Å². The lowest BCUT2D eigenvalue weighted by Gasteiger charge is -2.45. The van der Waals surface area contributed by atoms with E-state index in [1.165, 1.54) is 10.4 Å². The van der Waals surface area contributed by atoms with Gasteiger partial charge in [0.25, 0.3) is 8.32 Å². The zero-order valence-electron chi connectivity index (χ0n) is 31.6. The number of alkyl carbamates (subject to hydrolysis) is 1. The van der Waals surface area contributed by atoms with Crippen LogP contribution in [0.25, 0.3) is 0 Å². The Morgan fingerprint density at radius 3 is 1.80 bits per heavy atom. The van der Waals surface area contributed by atoms with Crippen LogP contribution in [0.15, 0.2) is 121 Å². The van der Waals surface area contributed by atoms with Gasteiger partial charge in [-0.2, -0.15) is 0 Å². The number of esters is 1. The third kappa shape index (κ3) is 9.46. The number of rotatable bonds is 14.